The van der Waals surface area contributed by atoms with Crippen molar-refractivity contribution in [3.63, 3.8) is 0 Å². The number of aromatic nitrogens is 3. The molecule has 0 saturated carbocycles. The second-order valence-electron chi connectivity index (χ2n) is 8.25. The highest BCUT2D eigenvalue weighted by Gasteiger charge is 2.24. The van der Waals surface area contributed by atoms with E-state index in [1.165, 1.54) is 16.3 Å². The van der Waals surface area contributed by atoms with Crippen LogP contribution in [0.3, 0.4) is 0 Å². The lowest BCUT2D eigenvalue weighted by molar-refractivity contribution is 0.376. The van der Waals surface area contributed by atoms with Crippen LogP contribution in [-0.2, 0) is 0 Å². The summed E-state index contributed by atoms with van der Waals surface area (Å²) in [4.78, 5) is 10.0. The Morgan fingerprint density at radius 2 is 1.55 bits per heavy atom. The van der Waals surface area contributed by atoms with Gasteiger partial charge in [0, 0.05) is 23.4 Å². The number of piperidine rings is 1. The first-order chi connectivity index (χ1) is 15.4. The molecule has 4 nitrogen and oxygen atoms in total. The van der Waals surface area contributed by atoms with E-state index in [9.17, 15) is 0 Å². The van der Waals surface area contributed by atoms with Crippen LogP contribution in [0.1, 0.15) is 18.9 Å². The lowest BCUT2D eigenvalue weighted by Crippen LogP contribution is -2.29. The SMILES string of the molecule is c1ccc(-c2nc3c(-c4ccc5ccccc5c4)ccnc3n2C2CCNCC2)cc1. The fourth-order valence-corrected chi connectivity index (χ4v) is 4.78. The van der Waals surface area contributed by atoms with E-state index in [0.717, 1.165) is 54.0 Å². The third-order valence-electron chi connectivity index (χ3n) is 6.35. The van der Waals surface area contributed by atoms with Gasteiger partial charge in [-0.2, -0.15) is 0 Å². The summed E-state index contributed by atoms with van der Waals surface area (Å²) >= 11 is 0. The number of benzene rings is 3. The Kier molecular flexibility index (Phi) is 4.50. The minimum atomic E-state index is 0.404. The van der Waals surface area contributed by atoms with Crippen molar-refractivity contribution in [1.29, 1.82) is 0 Å². The van der Waals surface area contributed by atoms with Crippen LogP contribution in [-0.4, -0.2) is 27.6 Å². The summed E-state index contributed by atoms with van der Waals surface area (Å²) in [5, 5.41) is 5.98. The Bertz CT molecular complexity index is 1360. The second-order valence-corrected chi connectivity index (χ2v) is 8.25. The third-order valence-corrected chi connectivity index (χ3v) is 6.35. The predicted molar refractivity (Wildman–Crippen MR) is 127 cm³/mol. The Labute approximate surface area is 181 Å². The molecule has 1 aliphatic rings. The Hall–Kier alpha value is -3.50. The third kappa shape index (κ3) is 3.20. The number of hydrogen-bond acceptors (Lipinski definition) is 3. The molecule has 0 radical (unpaired) electrons. The zero-order chi connectivity index (χ0) is 20.6. The molecule has 31 heavy (non-hydrogen) atoms. The summed E-state index contributed by atoms with van der Waals surface area (Å²) in [5.74, 6) is 1.02. The highest BCUT2D eigenvalue weighted by Crippen LogP contribution is 2.36. The molecule has 0 spiro atoms. The first kappa shape index (κ1) is 18.3. The molecule has 0 amide bonds. The van der Waals surface area contributed by atoms with Gasteiger partial charge in [-0.25, -0.2) is 9.97 Å². The molecule has 4 heteroatoms. The van der Waals surface area contributed by atoms with Crippen molar-refractivity contribution in [1.82, 2.24) is 19.9 Å². The first-order valence-electron chi connectivity index (χ1n) is 11.0. The normalized spacial score (nSPS) is 15.0. The summed E-state index contributed by atoms with van der Waals surface area (Å²) in [5.41, 5.74) is 5.43. The van der Waals surface area contributed by atoms with Gasteiger partial charge in [0.05, 0.1) is 0 Å². The van der Waals surface area contributed by atoms with Crippen molar-refractivity contribution in [3.8, 4) is 22.5 Å². The van der Waals surface area contributed by atoms with Crippen molar-refractivity contribution in [3.05, 3.63) is 85.1 Å². The molecule has 1 fully saturated rings. The fraction of sp³-hybridized carbons (Fsp3) is 0.185. The van der Waals surface area contributed by atoms with E-state index < -0.39 is 0 Å². The van der Waals surface area contributed by atoms with E-state index >= 15 is 0 Å². The molecular weight excluding hydrogens is 380 g/mol. The van der Waals surface area contributed by atoms with Gasteiger partial charge in [0.1, 0.15) is 11.3 Å². The molecule has 152 valence electrons. The average molecular weight is 405 g/mol. The monoisotopic (exact) mass is 404 g/mol. The number of rotatable bonds is 3. The van der Waals surface area contributed by atoms with Crippen molar-refractivity contribution in [2.75, 3.05) is 13.1 Å². The maximum Gasteiger partial charge on any atom is 0.161 e. The van der Waals surface area contributed by atoms with Crippen LogP contribution < -0.4 is 5.32 Å². The zero-order valence-electron chi connectivity index (χ0n) is 17.3. The van der Waals surface area contributed by atoms with E-state index in [4.69, 9.17) is 9.97 Å². The van der Waals surface area contributed by atoms with Gasteiger partial charge in [0.25, 0.3) is 0 Å². The van der Waals surface area contributed by atoms with Gasteiger partial charge in [0.15, 0.2) is 5.65 Å². The standard InChI is InChI=1S/C27H24N4/c1-2-7-20(8-3-1)26-30-25-24(22-11-10-19-6-4-5-9-21(19)18-22)14-17-29-27(25)31(26)23-12-15-28-16-13-23/h1-11,14,17-18,23,28H,12-13,15-16H2. The van der Waals surface area contributed by atoms with Crippen molar-refractivity contribution < 1.29 is 0 Å². The molecule has 0 bridgehead atoms. The zero-order valence-corrected chi connectivity index (χ0v) is 17.3. The largest absolute Gasteiger partial charge is 0.317 e. The number of fused-ring (bicyclic) bond motifs is 2. The minimum Gasteiger partial charge on any atom is -0.317 e. The highest BCUT2D eigenvalue weighted by molar-refractivity contribution is 5.95. The number of nitrogens with one attached hydrogen (secondary N) is 1. The molecule has 0 aliphatic carbocycles. The molecule has 0 unspecified atom stereocenters. The van der Waals surface area contributed by atoms with Gasteiger partial charge >= 0.3 is 0 Å². The highest BCUT2D eigenvalue weighted by atomic mass is 15.2. The van der Waals surface area contributed by atoms with Crippen LogP contribution in [0.2, 0.25) is 0 Å². The van der Waals surface area contributed by atoms with Gasteiger partial charge in [-0.05, 0) is 54.4 Å². The number of imidazole rings is 1. The number of pyridine rings is 1. The van der Waals surface area contributed by atoms with Gasteiger partial charge < -0.3 is 9.88 Å². The van der Waals surface area contributed by atoms with Crippen molar-refractivity contribution in [2.24, 2.45) is 0 Å². The molecule has 2 aromatic heterocycles. The van der Waals surface area contributed by atoms with Crippen LogP contribution in [0.25, 0.3) is 44.5 Å². The minimum absolute atomic E-state index is 0.404. The average Bonchev–Trinajstić information content (AvgIpc) is 3.25. The van der Waals surface area contributed by atoms with Gasteiger partial charge in [-0.1, -0.05) is 66.7 Å². The van der Waals surface area contributed by atoms with Gasteiger partial charge in [0.2, 0.25) is 0 Å². The lowest BCUT2D eigenvalue weighted by atomic mass is 10.0. The molecule has 3 aromatic carbocycles. The van der Waals surface area contributed by atoms with Crippen LogP contribution in [0.5, 0.6) is 0 Å². The molecule has 0 atom stereocenters. The fourth-order valence-electron chi connectivity index (χ4n) is 4.78. The van der Waals surface area contributed by atoms with Crippen LogP contribution in [0.4, 0.5) is 0 Å². The summed E-state index contributed by atoms with van der Waals surface area (Å²) in [6, 6.07) is 28.2. The summed E-state index contributed by atoms with van der Waals surface area (Å²) in [6.45, 7) is 2.06. The number of nitrogens with zero attached hydrogens (tertiary/aromatic N) is 3. The maximum atomic E-state index is 5.19. The topological polar surface area (TPSA) is 42.7 Å². The Morgan fingerprint density at radius 1 is 0.774 bits per heavy atom. The smallest absolute Gasteiger partial charge is 0.161 e. The van der Waals surface area contributed by atoms with Crippen molar-refractivity contribution in [2.45, 2.75) is 18.9 Å². The van der Waals surface area contributed by atoms with E-state index in [-0.39, 0.29) is 0 Å². The summed E-state index contributed by atoms with van der Waals surface area (Å²) in [6.07, 6.45) is 4.11. The van der Waals surface area contributed by atoms with E-state index in [2.05, 4.69) is 88.7 Å². The van der Waals surface area contributed by atoms with Crippen LogP contribution in [0.15, 0.2) is 85.1 Å². The van der Waals surface area contributed by atoms with Crippen LogP contribution >= 0.6 is 0 Å². The number of hydrogen-bond donors (Lipinski definition) is 1. The molecular formula is C27H24N4. The lowest BCUT2D eigenvalue weighted by Gasteiger charge is -2.26. The molecule has 6 rings (SSSR count). The molecule has 3 heterocycles. The molecule has 1 saturated heterocycles. The molecule has 1 N–H and O–H groups in total. The van der Waals surface area contributed by atoms with Crippen molar-refractivity contribution >= 4 is 21.9 Å². The maximum absolute atomic E-state index is 5.19. The van der Waals surface area contributed by atoms with Crippen LogP contribution in [0, 0.1) is 0 Å². The molecule has 1 aliphatic heterocycles. The van der Waals surface area contributed by atoms with E-state index in [1.54, 1.807) is 0 Å². The molecule has 5 aromatic rings. The summed E-state index contributed by atoms with van der Waals surface area (Å²) < 4.78 is 2.38. The first-order valence-corrected chi connectivity index (χ1v) is 11.0. The van der Waals surface area contributed by atoms with E-state index in [0.29, 0.717) is 6.04 Å². The van der Waals surface area contributed by atoms with Gasteiger partial charge in [-0.3, -0.25) is 0 Å². The van der Waals surface area contributed by atoms with Gasteiger partial charge in [-0.15, -0.1) is 0 Å². The quantitative estimate of drug-likeness (QED) is 0.411. The summed E-state index contributed by atoms with van der Waals surface area (Å²) in [7, 11) is 0. The van der Waals surface area contributed by atoms with E-state index in [1.807, 2.05) is 6.20 Å². The predicted octanol–water partition coefficient (Wildman–Crippen LogP) is 5.84. The Balaban J connectivity index is 1.59. The second kappa shape index (κ2) is 7.64. The Morgan fingerprint density at radius 3 is 2.39 bits per heavy atom.